The summed E-state index contributed by atoms with van der Waals surface area (Å²) in [6.45, 7) is 6.96. The Kier molecular flexibility index (Phi) is 4.94. The summed E-state index contributed by atoms with van der Waals surface area (Å²) in [6.07, 6.45) is 3.04. The molecule has 4 rings (SSSR count). The number of aromatic nitrogens is 5. The first-order chi connectivity index (χ1) is 13.2. The molecule has 27 heavy (non-hydrogen) atoms. The maximum atomic E-state index is 12.4. The van der Waals surface area contributed by atoms with Crippen LogP contribution in [0.15, 0.2) is 35.1 Å². The topological polar surface area (TPSA) is 82.6 Å². The van der Waals surface area contributed by atoms with E-state index in [1.807, 2.05) is 30.3 Å². The number of aromatic amines is 2. The number of hydrogen-bond acceptors (Lipinski definition) is 4. The van der Waals surface area contributed by atoms with Crippen LogP contribution in [0.5, 0.6) is 0 Å². The molecular formula is C20H26N6O. The number of aryl methyl sites for hydroxylation is 2. The van der Waals surface area contributed by atoms with Crippen LogP contribution in [0.2, 0.25) is 0 Å². The van der Waals surface area contributed by atoms with E-state index >= 15 is 0 Å². The van der Waals surface area contributed by atoms with Crippen molar-refractivity contribution in [1.82, 2.24) is 29.6 Å². The molecule has 7 nitrogen and oxygen atoms in total. The highest BCUT2D eigenvalue weighted by atomic mass is 16.1. The first kappa shape index (κ1) is 17.7. The fourth-order valence-corrected chi connectivity index (χ4v) is 3.92. The first-order valence-electron chi connectivity index (χ1n) is 9.65. The lowest BCUT2D eigenvalue weighted by atomic mass is 9.96. The van der Waals surface area contributed by atoms with Gasteiger partial charge < -0.3 is 4.98 Å². The predicted octanol–water partition coefficient (Wildman–Crippen LogP) is 2.53. The second-order valence-corrected chi connectivity index (χ2v) is 7.24. The lowest BCUT2D eigenvalue weighted by Crippen LogP contribution is -2.35. The van der Waals surface area contributed by atoms with Crippen molar-refractivity contribution in [3.63, 3.8) is 0 Å². The Balaban J connectivity index is 1.56. The molecule has 1 aromatic carbocycles. The molecule has 0 aliphatic carbocycles. The molecule has 142 valence electrons. The largest absolute Gasteiger partial charge is 0.347 e. The van der Waals surface area contributed by atoms with Gasteiger partial charge in [0, 0.05) is 31.1 Å². The van der Waals surface area contributed by atoms with E-state index in [9.17, 15) is 4.79 Å². The smallest absolute Gasteiger partial charge is 0.346 e. The van der Waals surface area contributed by atoms with Crippen LogP contribution < -0.4 is 5.69 Å². The van der Waals surface area contributed by atoms with Crippen LogP contribution in [0, 0.1) is 6.92 Å². The van der Waals surface area contributed by atoms with Crippen LogP contribution >= 0.6 is 0 Å². The molecule has 2 aromatic heterocycles. The van der Waals surface area contributed by atoms with E-state index in [4.69, 9.17) is 4.98 Å². The number of para-hydroxylation sites is 1. The van der Waals surface area contributed by atoms with Crippen molar-refractivity contribution < 1.29 is 0 Å². The Morgan fingerprint density at radius 2 is 2.07 bits per heavy atom. The van der Waals surface area contributed by atoms with Crippen molar-refractivity contribution in [3.8, 4) is 5.69 Å². The number of H-pyrrole nitrogens is 2. The monoisotopic (exact) mass is 366 g/mol. The molecule has 3 aromatic rings. The van der Waals surface area contributed by atoms with Gasteiger partial charge in [-0.05, 0) is 38.4 Å². The Morgan fingerprint density at radius 3 is 2.81 bits per heavy atom. The van der Waals surface area contributed by atoms with Gasteiger partial charge in [0.1, 0.15) is 11.6 Å². The highest BCUT2D eigenvalue weighted by molar-refractivity contribution is 5.32. The molecule has 1 saturated heterocycles. The van der Waals surface area contributed by atoms with Crippen LogP contribution in [0.3, 0.4) is 0 Å². The fourth-order valence-electron chi connectivity index (χ4n) is 3.92. The van der Waals surface area contributed by atoms with Crippen LogP contribution in [0.1, 0.15) is 48.7 Å². The Bertz CT molecular complexity index is 955. The molecule has 0 spiro atoms. The molecule has 1 unspecified atom stereocenters. The Labute approximate surface area is 158 Å². The van der Waals surface area contributed by atoms with E-state index in [2.05, 4.69) is 33.9 Å². The van der Waals surface area contributed by atoms with Gasteiger partial charge in [-0.1, -0.05) is 25.1 Å². The second kappa shape index (κ2) is 7.52. The Hall–Kier alpha value is -2.67. The van der Waals surface area contributed by atoms with Gasteiger partial charge in [0.25, 0.3) is 0 Å². The molecule has 1 aliphatic rings. The van der Waals surface area contributed by atoms with Gasteiger partial charge in [0.05, 0.1) is 11.4 Å². The minimum atomic E-state index is -0.177. The molecule has 7 heteroatoms. The van der Waals surface area contributed by atoms with Crippen LogP contribution in [0.4, 0.5) is 0 Å². The molecule has 0 bridgehead atoms. The third-order valence-corrected chi connectivity index (χ3v) is 5.33. The van der Waals surface area contributed by atoms with E-state index in [-0.39, 0.29) is 11.6 Å². The van der Waals surface area contributed by atoms with Gasteiger partial charge in [-0.2, -0.15) is 5.10 Å². The lowest BCUT2D eigenvalue weighted by molar-refractivity contribution is 0.193. The van der Waals surface area contributed by atoms with Gasteiger partial charge in [0.15, 0.2) is 0 Å². The van der Waals surface area contributed by atoms with Crippen molar-refractivity contribution in [1.29, 1.82) is 0 Å². The zero-order valence-electron chi connectivity index (χ0n) is 15.9. The fraction of sp³-hybridized carbons (Fsp3) is 0.450. The minimum absolute atomic E-state index is 0.177. The van der Waals surface area contributed by atoms with Crippen molar-refractivity contribution in [3.05, 3.63) is 63.9 Å². The van der Waals surface area contributed by atoms with Crippen molar-refractivity contribution in [2.24, 2.45) is 0 Å². The summed E-state index contributed by atoms with van der Waals surface area (Å²) in [6, 6.07) is 9.73. The summed E-state index contributed by atoms with van der Waals surface area (Å²) < 4.78 is 1.71. The van der Waals surface area contributed by atoms with E-state index in [1.165, 1.54) is 0 Å². The number of hydrogen-bond donors (Lipinski definition) is 2. The molecule has 1 aliphatic heterocycles. The van der Waals surface area contributed by atoms with Gasteiger partial charge in [-0.15, -0.1) is 0 Å². The SMILES string of the molecule is CCc1nc(CN2CCCC(c3n[nH]c(=O)n3-c3ccccc3)C2)c(C)[nH]1. The highest BCUT2D eigenvalue weighted by Gasteiger charge is 2.27. The summed E-state index contributed by atoms with van der Waals surface area (Å²) >= 11 is 0. The summed E-state index contributed by atoms with van der Waals surface area (Å²) in [5.74, 6) is 2.09. The van der Waals surface area contributed by atoms with E-state index < -0.39 is 0 Å². The summed E-state index contributed by atoms with van der Waals surface area (Å²) in [7, 11) is 0. The number of likely N-dealkylation sites (tertiary alicyclic amines) is 1. The second-order valence-electron chi connectivity index (χ2n) is 7.24. The van der Waals surface area contributed by atoms with Crippen LogP contribution in [-0.2, 0) is 13.0 Å². The number of benzene rings is 1. The number of imidazole rings is 1. The zero-order chi connectivity index (χ0) is 18.8. The average molecular weight is 366 g/mol. The van der Waals surface area contributed by atoms with Crippen molar-refractivity contribution >= 4 is 0 Å². The van der Waals surface area contributed by atoms with Crippen LogP contribution in [0.25, 0.3) is 5.69 Å². The summed E-state index contributed by atoms with van der Waals surface area (Å²) in [5, 5.41) is 7.01. The normalized spacial score (nSPS) is 18.1. The summed E-state index contributed by atoms with van der Waals surface area (Å²) in [5.41, 5.74) is 2.95. The van der Waals surface area contributed by atoms with Crippen molar-refractivity contribution in [2.45, 2.75) is 45.6 Å². The third kappa shape index (κ3) is 3.60. The number of nitrogens with zero attached hydrogens (tertiary/aromatic N) is 4. The van der Waals surface area contributed by atoms with Crippen LogP contribution in [-0.4, -0.2) is 42.7 Å². The molecule has 1 fully saturated rings. The van der Waals surface area contributed by atoms with Gasteiger partial charge in [-0.3, -0.25) is 4.90 Å². The maximum absolute atomic E-state index is 12.4. The number of rotatable bonds is 5. The number of nitrogens with one attached hydrogen (secondary N) is 2. The highest BCUT2D eigenvalue weighted by Crippen LogP contribution is 2.27. The average Bonchev–Trinajstić information content (AvgIpc) is 3.25. The lowest BCUT2D eigenvalue weighted by Gasteiger charge is -2.31. The number of piperidine rings is 1. The van der Waals surface area contributed by atoms with Gasteiger partial charge in [0.2, 0.25) is 0 Å². The maximum Gasteiger partial charge on any atom is 0.347 e. The molecule has 0 amide bonds. The molecule has 0 saturated carbocycles. The summed E-state index contributed by atoms with van der Waals surface area (Å²) in [4.78, 5) is 22.9. The van der Waals surface area contributed by atoms with E-state index in [1.54, 1.807) is 4.57 Å². The van der Waals surface area contributed by atoms with Crippen molar-refractivity contribution in [2.75, 3.05) is 13.1 Å². The standard InChI is InChI=1S/C20H26N6O/c1-3-18-21-14(2)17(22-18)13-25-11-7-8-15(12-25)19-23-24-20(27)26(19)16-9-5-4-6-10-16/h4-6,9-10,15H,3,7-8,11-13H2,1-2H3,(H,21,22)(H,24,27). The van der Waals surface area contributed by atoms with Gasteiger partial charge >= 0.3 is 5.69 Å². The Morgan fingerprint density at radius 1 is 1.26 bits per heavy atom. The molecule has 1 atom stereocenters. The molecule has 3 heterocycles. The van der Waals surface area contributed by atoms with Gasteiger partial charge in [-0.25, -0.2) is 19.4 Å². The molecular weight excluding hydrogens is 340 g/mol. The van der Waals surface area contributed by atoms with E-state index in [0.29, 0.717) is 0 Å². The molecule has 0 radical (unpaired) electrons. The zero-order valence-corrected chi connectivity index (χ0v) is 15.9. The molecule has 2 N–H and O–H groups in total. The quantitative estimate of drug-likeness (QED) is 0.727. The predicted molar refractivity (Wildman–Crippen MR) is 104 cm³/mol. The third-order valence-electron chi connectivity index (χ3n) is 5.33. The minimum Gasteiger partial charge on any atom is -0.346 e. The van der Waals surface area contributed by atoms with E-state index in [0.717, 1.165) is 67.6 Å². The first-order valence-corrected chi connectivity index (χ1v) is 9.65.